The Balaban J connectivity index is 1.75. The number of nitrogens with zero attached hydrogens (tertiary/aromatic N) is 2. The van der Waals surface area contributed by atoms with Crippen LogP contribution in [0.15, 0.2) is 43.0 Å². The number of nitrogens with one attached hydrogen (secondary N) is 1. The molecule has 0 bridgehead atoms. The van der Waals surface area contributed by atoms with Crippen molar-refractivity contribution in [1.29, 1.82) is 0 Å². The third kappa shape index (κ3) is 4.03. The molecule has 106 valence electrons. The lowest BCUT2D eigenvalue weighted by Gasteiger charge is -2.13. The summed E-state index contributed by atoms with van der Waals surface area (Å²) in [4.78, 5) is 16.2. The summed E-state index contributed by atoms with van der Waals surface area (Å²) in [6.07, 6.45) is 6.50. The van der Waals surface area contributed by atoms with E-state index in [4.69, 9.17) is 0 Å². The van der Waals surface area contributed by atoms with Gasteiger partial charge in [-0.2, -0.15) is 0 Å². The SMILES string of the molecule is Cc1ccc(C(=O)C(C)NCCCn2ccnc2)cc1. The van der Waals surface area contributed by atoms with E-state index in [0.29, 0.717) is 0 Å². The van der Waals surface area contributed by atoms with E-state index in [2.05, 4.69) is 10.3 Å². The normalized spacial score (nSPS) is 12.3. The summed E-state index contributed by atoms with van der Waals surface area (Å²) in [6, 6.07) is 7.57. The summed E-state index contributed by atoms with van der Waals surface area (Å²) in [5.41, 5.74) is 1.94. The fourth-order valence-corrected chi connectivity index (χ4v) is 2.06. The van der Waals surface area contributed by atoms with Crippen LogP contribution >= 0.6 is 0 Å². The molecule has 0 aliphatic heterocycles. The molecule has 1 heterocycles. The van der Waals surface area contributed by atoms with Gasteiger partial charge >= 0.3 is 0 Å². The number of aryl methyl sites for hydroxylation is 2. The minimum Gasteiger partial charge on any atom is -0.337 e. The molecule has 0 saturated heterocycles. The number of hydrogen-bond donors (Lipinski definition) is 1. The van der Waals surface area contributed by atoms with Crippen molar-refractivity contribution in [3.05, 3.63) is 54.1 Å². The van der Waals surface area contributed by atoms with Crippen molar-refractivity contribution in [2.24, 2.45) is 0 Å². The summed E-state index contributed by atoms with van der Waals surface area (Å²) in [5, 5.41) is 3.27. The molecule has 0 saturated carbocycles. The van der Waals surface area contributed by atoms with Crippen molar-refractivity contribution in [1.82, 2.24) is 14.9 Å². The van der Waals surface area contributed by atoms with E-state index in [9.17, 15) is 4.79 Å². The lowest BCUT2D eigenvalue weighted by Crippen LogP contribution is -2.35. The third-order valence-corrected chi connectivity index (χ3v) is 3.33. The van der Waals surface area contributed by atoms with E-state index in [1.807, 2.05) is 48.9 Å². The van der Waals surface area contributed by atoms with Gasteiger partial charge in [0, 0.05) is 24.5 Å². The highest BCUT2D eigenvalue weighted by Crippen LogP contribution is 2.06. The first-order chi connectivity index (χ1) is 9.66. The number of aromatic nitrogens is 2. The molecule has 4 heteroatoms. The van der Waals surface area contributed by atoms with Crippen LogP contribution in [0.4, 0.5) is 0 Å². The van der Waals surface area contributed by atoms with E-state index in [-0.39, 0.29) is 11.8 Å². The highest BCUT2D eigenvalue weighted by Gasteiger charge is 2.13. The molecule has 0 fully saturated rings. The predicted octanol–water partition coefficient (Wildman–Crippen LogP) is 2.44. The number of carbonyl (C=O) groups is 1. The van der Waals surface area contributed by atoms with Gasteiger partial charge < -0.3 is 9.88 Å². The molecule has 1 atom stereocenters. The Morgan fingerprint density at radius 2 is 2.10 bits per heavy atom. The van der Waals surface area contributed by atoms with Gasteiger partial charge in [0.1, 0.15) is 0 Å². The van der Waals surface area contributed by atoms with Crippen LogP contribution in [0, 0.1) is 6.92 Å². The van der Waals surface area contributed by atoms with Crippen LogP contribution in [0.5, 0.6) is 0 Å². The maximum atomic E-state index is 12.2. The lowest BCUT2D eigenvalue weighted by atomic mass is 10.0. The molecule has 1 aromatic carbocycles. The summed E-state index contributed by atoms with van der Waals surface area (Å²) >= 11 is 0. The Hall–Kier alpha value is -1.94. The fourth-order valence-electron chi connectivity index (χ4n) is 2.06. The van der Waals surface area contributed by atoms with Crippen LogP contribution in [0.3, 0.4) is 0 Å². The van der Waals surface area contributed by atoms with Crippen molar-refractivity contribution in [2.45, 2.75) is 32.9 Å². The Morgan fingerprint density at radius 3 is 2.75 bits per heavy atom. The monoisotopic (exact) mass is 271 g/mol. The zero-order chi connectivity index (χ0) is 14.4. The quantitative estimate of drug-likeness (QED) is 0.621. The first-order valence-electron chi connectivity index (χ1n) is 6.97. The van der Waals surface area contributed by atoms with Crippen LogP contribution in [-0.2, 0) is 6.54 Å². The Labute approximate surface area is 119 Å². The largest absolute Gasteiger partial charge is 0.337 e. The van der Waals surface area contributed by atoms with Crippen molar-refractivity contribution in [3.63, 3.8) is 0 Å². The number of hydrogen-bond acceptors (Lipinski definition) is 3. The molecule has 2 aromatic rings. The molecule has 1 N–H and O–H groups in total. The fraction of sp³-hybridized carbons (Fsp3) is 0.375. The maximum Gasteiger partial charge on any atom is 0.179 e. The number of carbonyl (C=O) groups excluding carboxylic acids is 1. The second-order valence-corrected chi connectivity index (χ2v) is 5.06. The first-order valence-corrected chi connectivity index (χ1v) is 6.97. The molecule has 0 amide bonds. The minimum absolute atomic E-state index is 0.146. The number of imidazole rings is 1. The summed E-state index contributed by atoms with van der Waals surface area (Å²) in [7, 11) is 0. The average Bonchev–Trinajstić information content (AvgIpc) is 2.96. The number of ketones is 1. The summed E-state index contributed by atoms with van der Waals surface area (Å²) in [6.45, 7) is 5.67. The molecule has 0 aliphatic rings. The summed E-state index contributed by atoms with van der Waals surface area (Å²) in [5.74, 6) is 0.146. The molecule has 0 radical (unpaired) electrons. The van der Waals surface area contributed by atoms with Gasteiger partial charge in [-0.3, -0.25) is 4.79 Å². The highest BCUT2D eigenvalue weighted by atomic mass is 16.1. The van der Waals surface area contributed by atoms with Gasteiger partial charge in [0.25, 0.3) is 0 Å². The van der Waals surface area contributed by atoms with Gasteiger partial charge in [0.2, 0.25) is 0 Å². The van der Waals surface area contributed by atoms with Gasteiger partial charge in [-0.1, -0.05) is 29.8 Å². The van der Waals surface area contributed by atoms with Crippen LogP contribution in [0.25, 0.3) is 0 Å². The van der Waals surface area contributed by atoms with E-state index in [0.717, 1.165) is 25.1 Å². The topological polar surface area (TPSA) is 46.9 Å². The second kappa shape index (κ2) is 7.01. The number of rotatable bonds is 7. The average molecular weight is 271 g/mol. The van der Waals surface area contributed by atoms with Gasteiger partial charge in [0.05, 0.1) is 12.4 Å². The lowest BCUT2D eigenvalue weighted by molar-refractivity contribution is 0.0951. The van der Waals surface area contributed by atoms with E-state index in [1.165, 1.54) is 5.56 Å². The van der Waals surface area contributed by atoms with Crippen LogP contribution in [-0.4, -0.2) is 27.9 Å². The van der Waals surface area contributed by atoms with Crippen LogP contribution in [0.1, 0.15) is 29.3 Å². The van der Waals surface area contributed by atoms with Gasteiger partial charge in [-0.15, -0.1) is 0 Å². The van der Waals surface area contributed by atoms with Crippen molar-refractivity contribution < 1.29 is 4.79 Å². The van der Waals surface area contributed by atoms with Crippen LogP contribution in [0.2, 0.25) is 0 Å². The van der Waals surface area contributed by atoms with E-state index in [1.54, 1.807) is 12.5 Å². The smallest absolute Gasteiger partial charge is 0.179 e. The molecular formula is C16H21N3O. The number of benzene rings is 1. The molecule has 4 nitrogen and oxygen atoms in total. The van der Waals surface area contributed by atoms with Crippen LogP contribution < -0.4 is 5.32 Å². The third-order valence-electron chi connectivity index (χ3n) is 3.33. The molecule has 1 unspecified atom stereocenters. The van der Waals surface area contributed by atoms with Gasteiger partial charge in [0.15, 0.2) is 5.78 Å². The van der Waals surface area contributed by atoms with Crippen molar-refractivity contribution in [3.8, 4) is 0 Å². The number of Topliss-reactive ketones (excluding diaryl/α,β-unsaturated/α-hetero) is 1. The van der Waals surface area contributed by atoms with Crippen molar-refractivity contribution >= 4 is 5.78 Å². The first kappa shape index (κ1) is 14.5. The summed E-state index contributed by atoms with van der Waals surface area (Å²) < 4.78 is 2.04. The Morgan fingerprint density at radius 1 is 1.35 bits per heavy atom. The second-order valence-electron chi connectivity index (χ2n) is 5.06. The van der Waals surface area contributed by atoms with Crippen molar-refractivity contribution in [2.75, 3.05) is 6.54 Å². The van der Waals surface area contributed by atoms with Gasteiger partial charge in [-0.25, -0.2) is 4.98 Å². The van der Waals surface area contributed by atoms with E-state index >= 15 is 0 Å². The molecule has 0 spiro atoms. The zero-order valence-electron chi connectivity index (χ0n) is 12.0. The molecule has 1 aromatic heterocycles. The molecule has 20 heavy (non-hydrogen) atoms. The molecule has 2 rings (SSSR count). The van der Waals surface area contributed by atoms with Gasteiger partial charge in [-0.05, 0) is 26.8 Å². The predicted molar refractivity (Wildman–Crippen MR) is 79.8 cm³/mol. The Kier molecular flexibility index (Phi) is 5.07. The van der Waals surface area contributed by atoms with E-state index < -0.39 is 0 Å². The zero-order valence-corrected chi connectivity index (χ0v) is 12.0. The standard InChI is InChI=1S/C16H21N3O/c1-13-4-6-15(7-5-13)16(20)14(2)18-8-3-10-19-11-9-17-12-19/h4-7,9,11-12,14,18H,3,8,10H2,1-2H3. The molecule has 0 aliphatic carbocycles. The Bertz CT molecular complexity index is 531. The minimum atomic E-state index is -0.152. The maximum absolute atomic E-state index is 12.2. The highest BCUT2D eigenvalue weighted by molar-refractivity contribution is 5.99. The molecular weight excluding hydrogens is 250 g/mol.